The fourth-order valence-corrected chi connectivity index (χ4v) is 4.15. The van der Waals surface area contributed by atoms with Crippen molar-refractivity contribution in [1.29, 1.82) is 0 Å². The zero-order chi connectivity index (χ0) is 20.9. The first-order chi connectivity index (χ1) is 14.7. The van der Waals surface area contributed by atoms with Crippen molar-refractivity contribution in [2.24, 2.45) is 0 Å². The summed E-state index contributed by atoms with van der Waals surface area (Å²) < 4.78 is 12.7. The molecule has 1 saturated carbocycles. The molecule has 1 N–H and O–H groups in total. The SMILES string of the molecule is COC(=O)CCCCn1cc(CN(C(=O)C2CNCCO2)C2CC2)c2ccccc21. The van der Waals surface area contributed by atoms with Gasteiger partial charge in [-0.25, -0.2) is 0 Å². The van der Waals surface area contributed by atoms with Crippen LogP contribution in [0.1, 0.15) is 37.7 Å². The first kappa shape index (κ1) is 20.9. The summed E-state index contributed by atoms with van der Waals surface area (Å²) in [4.78, 5) is 26.5. The third-order valence-corrected chi connectivity index (χ3v) is 5.94. The van der Waals surface area contributed by atoms with Crippen molar-refractivity contribution in [2.45, 2.75) is 57.3 Å². The zero-order valence-corrected chi connectivity index (χ0v) is 17.6. The van der Waals surface area contributed by atoms with E-state index in [9.17, 15) is 9.59 Å². The van der Waals surface area contributed by atoms with Crippen molar-refractivity contribution in [3.8, 4) is 0 Å². The fraction of sp³-hybridized carbons (Fsp3) is 0.565. The number of rotatable bonds is 9. The molecule has 1 unspecified atom stereocenters. The molecule has 1 amide bonds. The van der Waals surface area contributed by atoms with Crippen LogP contribution in [0.5, 0.6) is 0 Å². The average molecular weight is 414 g/mol. The second-order valence-corrected chi connectivity index (χ2v) is 8.16. The summed E-state index contributed by atoms with van der Waals surface area (Å²) in [5, 5.41) is 4.45. The Balaban J connectivity index is 1.48. The number of esters is 1. The first-order valence-electron chi connectivity index (χ1n) is 10.9. The number of aryl methyl sites for hydroxylation is 1. The Morgan fingerprint density at radius 2 is 2.10 bits per heavy atom. The van der Waals surface area contributed by atoms with Gasteiger partial charge in [0.1, 0.15) is 6.10 Å². The van der Waals surface area contributed by atoms with Crippen LogP contribution in [0.2, 0.25) is 0 Å². The molecule has 30 heavy (non-hydrogen) atoms. The third-order valence-electron chi connectivity index (χ3n) is 5.94. The molecule has 0 bridgehead atoms. The van der Waals surface area contributed by atoms with Gasteiger partial charge >= 0.3 is 5.97 Å². The van der Waals surface area contributed by atoms with Gasteiger partial charge in [-0.3, -0.25) is 9.59 Å². The Morgan fingerprint density at radius 1 is 1.27 bits per heavy atom. The standard InChI is InChI=1S/C23H31N3O4/c1-29-22(27)8-4-5-12-25-15-17(19-6-2-3-7-20(19)25)16-26(18-9-10-18)23(28)21-14-24-11-13-30-21/h2-3,6-7,15,18,21,24H,4-5,8-14,16H2,1H3. The molecular weight excluding hydrogens is 382 g/mol. The van der Waals surface area contributed by atoms with E-state index in [-0.39, 0.29) is 18.0 Å². The summed E-state index contributed by atoms with van der Waals surface area (Å²) in [5.41, 5.74) is 2.34. The van der Waals surface area contributed by atoms with Crippen molar-refractivity contribution >= 4 is 22.8 Å². The quantitative estimate of drug-likeness (QED) is 0.505. The van der Waals surface area contributed by atoms with E-state index in [2.05, 4.69) is 28.2 Å². The lowest BCUT2D eigenvalue weighted by Gasteiger charge is -2.30. The minimum atomic E-state index is -0.383. The summed E-state index contributed by atoms with van der Waals surface area (Å²) in [6.07, 6.45) is 6.07. The molecule has 7 heteroatoms. The van der Waals surface area contributed by atoms with Crippen molar-refractivity contribution in [3.05, 3.63) is 36.0 Å². The smallest absolute Gasteiger partial charge is 0.305 e. The molecule has 1 aromatic carbocycles. The van der Waals surface area contributed by atoms with E-state index in [1.54, 1.807) is 0 Å². The van der Waals surface area contributed by atoms with Crippen LogP contribution in [0, 0.1) is 0 Å². The number of aromatic nitrogens is 1. The molecule has 2 aliphatic rings. The molecule has 0 radical (unpaired) electrons. The molecule has 2 heterocycles. The van der Waals surface area contributed by atoms with Crippen LogP contribution in [0.3, 0.4) is 0 Å². The largest absolute Gasteiger partial charge is 0.469 e. The summed E-state index contributed by atoms with van der Waals surface area (Å²) in [6.45, 7) is 3.42. The van der Waals surface area contributed by atoms with Crippen LogP contribution in [0.15, 0.2) is 30.5 Å². The van der Waals surface area contributed by atoms with Gasteiger partial charge in [-0.1, -0.05) is 18.2 Å². The predicted octanol–water partition coefficient (Wildman–Crippen LogP) is 2.46. The van der Waals surface area contributed by atoms with Gasteiger partial charge in [-0.15, -0.1) is 0 Å². The van der Waals surface area contributed by atoms with Crippen LogP contribution >= 0.6 is 0 Å². The van der Waals surface area contributed by atoms with E-state index >= 15 is 0 Å². The van der Waals surface area contributed by atoms with Gasteiger partial charge in [-0.2, -0.15) is 0 Å². The van der Waals surface area contributed by atoms with E-state index in [0.29, 0.717) is 32.2 Å². The van der Waals surface area contributed by atoms with E-state index in [4.69, 9.17) is 9.47 Å². The third kappa shape index (κ3) is 4.84. The molecule has 1 saturated heterocycles. The minimum absolute atomic E-state index is 0.0969. The number of ether oxygens (including phenoxy) is 2. The van der Waals surface area contributed by atoms with Crippen LogP contribution in [-0.2, 0) is 32.2 Å². The normalized spacial score (nSPS) is 19.0. The fourth-order valence-electron chi connectivity index (χ4n) is 4.15. The van der Waals surface area contributed by atoms with Gasteiger partial charge < -0.3 is 24.3 Å². The summed E-state index contributed by atoms with van der Waals surface area (Å²) in [5.74, 6) is -0.0642. The maximum absolute atomic E-state index is 13.1. The summed E-state index contributed by atoms with van der Waals surface area (Å²) >= 11 is 0. The minimum Gasteiger partial charge on any atom is -0.469 e. The maximum Gasteiger partial charge on any atom is 0.305 e. The Labute approximate surface area is 177 Å². The molecule has 162 valence electrons. The molecule has 2 aromatic rings. The Bertz CT molecular complexity index is 884. The van der Waals surface area contributed by atoms with Crippen molar-refractivity contribution in [2.75, 3.05) is 26.8 Å². The molecule has 1 aliphatic heterocycles. The first-order valence-corrected chi connectivity index (χ1v) is 10.9. The number of amides is 1. The van der Waals surface area contributed by atoms with Crippen molar-refractivity contribution in [1.82, 2.24) is 14.8 Å². The topological polar surface area (TPSA) is 72.8 Å². The number of carbonyl (C=O) groups is 2. The predicted molar refractivity (Wildman–Crippen MR) is 114 cm³/mol. The van der Waals surface area contributed by atoms with Gasteiger partial charge in [0.2, 0.25) is 0 Å². The van der Waals surface area contributed by atoms with Crippen molar-refractivity contribution in [3.63, 3.8) is 0 Å². The Kier molecular flexibility index (Phi) is 6.69. The monoisotopic (exact) mass is 413 g/mol. The second kappa shape index (κ2) is 9.62. The molecule has 1 aliphatic carbocycles. The molecule has 0 spiro atoms. The number of nitrogens with zero attached hydrogens (tertiary/aromatic N) is 2. The number of nitrogens with one attached hydrogen (secondary N) is 1. The van der Waals surface area contributed by atoms with E-state index in [1.165, 1.54) is 23.6 Å². The highest BCUT2D eigenvalue weighted by molar-refractivity contribution is 5.86. The van der Waals surface area contributed by atoms with E-state index < -0.39 is 0 Å². The molecule has 1 aromatic heterocycles. The van der Waals surface area contributed by atoms with Crippen LogP contribution in [0.25, 0.3) is 10.9 Å². The number of carbonyl (C=O) groups excluding carboxylic acids is 2. The molecule has 7 nitrogen and oxygen atoms in total. The number of morpholine rings is 1. The molecular formula is C23H31N3O4. The van der Waals surface area contributed by atoms with Gasteiger partial charge in [0.15, 0.2) is 0 Å². The van der Waals surface area contributed by atoms with Crippen LogP contribution < -0.4 is 5.32 Å². The summed E-state index contributed by atoms with van der Waals surface area (Å²) in [7, 11) is 1.43. The summed E-state index contributed by atoms with van der Waals surface area (Å²) in [6, 6.07) is 8.67. The highest BCUT2D eigenvalue weighted by Crippen LogP contribution is 2.32. The number of fused-ring (bicyclic) bond motifs is 1. The van der Waals surface area contributed by atoms with Gasteiger partial charge in [0.05, 0.1) is 13.7 Å². The number of hydrogen-bond acceptors (Lipinski definition) is 5. The number of hydrogen-bond donors (Lipinski definition) is 1. The van der Waals surface area contributed by atoms with Crippen molar-refractivity contribution < 1.29 is 19.1 Å². The van der Waals surface area contributed by atoms with Gasteiger partial charge in [0, 0.05) is 55.7 Å². The number of methoxy groups -OCH3 is 1. The van der Waals surface area contributed by atoms with Crippen LogP contribution in [0.4, 0.5) is 0 Å². The van der Waals surface area contributed by atoms with E-state index in [1.807, 2.05) is 17.0 Å². The Morgan fingerprint density at radius 3 is 2.83 bits per heavy atom. The second-order valence-electron chi connectivity index (χ2n) is 8.16. The lowest BCUT2D eigenvalue weighted by molar-refractivity contribution is -0.146. The average Bonchev–Trinajstić information content (AvgIpc) is 3.58. The van der Waals surface area contributed by atoms with Crippen LogP contribution in [-0.4, -0.2) is 60.3 Å². The lowest BCUT2D eigenvalue weighted by atomic mass is 10.1. The van der Waals surface area contributed by atoms with E-state index in [0.717, 1.165) is 38.8 Å². The number of benzene rings is 1. The molecule has 4 rings (SSSR count). The molecule has 1 atom stereocenters. The maximum atomic E-state index is 13.1. The number of para-hydroxylation sites is 1. The highest BCUT2D eigenvalue weighted by Gasteiger charge is 2.37. The van der Waals surface area contributed by atoms with Gasteiger partial charge in [0.25, 0.3) is 5.91 Å². The highest BCUT2D eigenvalue weighted by atomic mass is 16.5. The van der Waals surface area contributed by atoms with Gasteiger partial charge in [-0.05, 0) is 37.3 Å². The zero-order valence-electron chi connectivity index (χ0n) is 17.6. The Hall–Kier alpha value is -2.38. The lowest BCUT2D eigenvalue weighted by Crippen LogP contribution is -2.49. The molecule has 2 fully saturated rings. The number of unbranched alkanes of at least 4 members (excludes halogenated alkanes) is 1.